The number of ether oxygens (including phenoxy) is 1. The molecule has 0 unspecified atom stereocenters. The van der Waals surface area contributed by atoms with Crippen molar-refractivity contribution >= 4 is 32.8 Å². The number of benzene rings is 6. The van der Waals surface area contributed by atoms with E-state index in [0.29, 0.717) is 0 Å². The number of aromatic nitrogens is 4. The Labute approximate surface area is 271 Å². The minimum absolute atomic E-state index is 0.742. The first-order chi connectivity index (χ1) is 23.3. The molecule has 0 radical (unpaired) electrons. The highest BCUT2D eigenvalue weighted by Gasteiger charge is 2.16. The second kappa shape index (κ2) is 11.2. The highest BCUT2D eigenvalue weighted by Crippen LogP contribution is 2.35. The van der Waals surface area contributed by atoms with E-state index in [1.165, 1.54) is 5.39 Å². The Morgan fingerprint density at radius 3 is 2.11 bits per heavy atom. The van der Waals surface area contributed by atoms with Crippen molar-refractivity contribution in [2.45, 2.75) is 0 Å². The van der Waals surface area contributed by atoms with Gasteiger partial charge in [0.25, 0.3) is 6.33 Å². The molecule has 0 saturated carbocycles. The van der Waals surface area contributed by atoms with Crippen LogP contribution in [0.3, 0.4) is 0 Å². The maximum Gasteiger partial charge on any atom is 0.269 e. The monoisotopic (exact) mass is 604 g/mol. The first-order valence-electron chi connectivity index (χ1n) is 15.6. The van der Waals surface area contributed by atoms with E-state index in [0.717, 1.165) is 67.4 Å². The van der Waals surface area contributed by atoms with Gasteiger partial charge in [0.15, 0.2) is 0 Å². The Balaban J connectivity index is 1.13. The van der Waals surface area contributed by atoms with Gasteiger partial charge in [-0.2, -0.15) is 0 Å². The molecule has 0 spiro atoms. The van der Waals surface area contributed by atoms with Crippen LogP contribution in [0.1, 0.15) is 0 Å². The molecule has 9 aromatic rings. The predicted octanol–water partition coefficient (Wildman–Crippen LogP) is 9.66. The molecule has 0 aliphatic rings. The molecule has 5 nitrogen and oxygen atoms in total. The van der Waals surface area contributed by atoms with Crippen molar-refractivity contribution in [3.8, 4) is 39.9 Å². The highest BCUT2D eigenvalue weighted by molar-refractivity contribution is 6.09. The maximum atomic E-state index is 6.56. The van der Waals surface area contributed by atoms with Crippen molar-refractivity contribution in [2.24, 2.45) is 0 Å². The second-order valence-electron chi connectivity index (χ2n) is 11.5. The van der Waals surface area contributed by atoms with Crippen LogP contribution in [0.2, 0.25) is 0 Å². The second-order valence-corrected chi connectivity index (χ2v) is 11.5. The summed E-state index contributed by atoms with van der Waals surface area (Å²) in [6.45, 7) is 0. The number of imidazole rings is 1. The van der Waals surface area contributed by atoms with Crippen LogP contribution >= 0.6 is 0 Å². The van der Waals surface area contributed by atoms with Gasteiger partial charge in [0.2, 0.25) is 0 Å². The fourth-order valence-corrected chi connectivity index (χ4v) is 6.42. The lowest BCUT2D eigenvalue weighted by atomic mass is 10.1. The molecule has 0 aliphatic carbocycles. The largest absolute Gasteiger partial charge is 0.458 e. The zero-order valence-corrected chi connectivity index (χ0v) is 25.4. The molecule has 222 valence electrons. The van der Waals surface area contributed by atoms with Gasteiger partial charge in [-0.05, 0) is 60.7 Å². The fourth-order valence-electron chi connectivity index (χ4n) is 6.42. The Hall–Kier alpha value is -6.46. The third-order valence-electron chi connectivity index (χ3n) is 8.57. The quantitative estimate of drug-likeness (QED) is 0.140. The van der Waals surface area contributed by atoms with Crippen LogP contribution in [0.25, 0.3) is 61.3 Å². The minimum Gasteiger partial charge on any atom is -0.458 e. The van der Waals surface area contributed by atoms with E-state index < -0.39 is 0 Å². The summed E-state index contributed by atoms with van der Waals surface area (Å²) in [7, 11) is 0. The number of rotatable bonds is 6. The average molecular weight is 605 g/mol. The summed E-state index contributed by atoms with van der Waals surface area (Å²) < 4.78 is 13.0. The van der Waals surface area contributed by atoms with Crippen molar-refractivity contribution in [3.05, 3.63) is 176 Å². The molecule has 0 fully saturated rings. The van der Waals surface area contributed by atoms with Gasteiger partial charge in [-0.3, -0.25) is 13.7 Å². The number of hydrogen-bond acceptors (Lipinski definition) is 2. The van der Waals surface area contributed by atoms with E-state index in [1.807, 2.05) is 54.6 Å². The van der Waals surface area contributed by atoms with Gasteiger partial charge in [-0.25, -0.2) is 4.98 Å². The Morgan fingerprint density at radius 2 is 1.23 bits per heavy atom. The van der Waals surface area contributed by atoms with E-state index in [1.54, 1.807) is 0 Å². The molecule has 0 bridgehead atoms. The molecule has 0 N–H and O–H groups in total. The molecule has 5 heteroatoms. The Kier molecular flexibility index (Phi) is 6.39. The number of fused-ring (bicyclic) bond motifs is 4. The number of pyridine rings is 1. The van der Waals surface area contributed by atoms with Crippen LogP contribution in [-0.4, -0.2) is 14.1 Å². The van der Waals surface area contributed by atoms with E-state index in [2.05, 4.69) is 135 Å². The summed E-state index contributed by atoms with van der Waals surface area (Å²) in [5.74, 6) is 2.35. The fraction of sp³-hybridized carbons (Fsp3) is 0. The third kappa shape index (κ3) is 4.73. The first-order valence-corrected chi connectivity index (χ1v) is 15.6. The number of hydrogen-bond donors (Lipinski definition) is 0. The Morgan fingerprint density at radius 1 is 0.532 bits per heavy atom. The lowest BCUT2D eigenvalue weighted by molar-refractivity contribution is -0.572. The molecule has 0 atom stereocenters. The summed E-state index contributed by atoms with van der Waals surface area (Å²) in [4.78, 5) is 5.11. The van der Waals surface area contributed by atoms with Crippen molar-refractivity contribution in [3.63, 3.8) is 0 Å². The van der Waals surface area contributed by atoms with Gasteiger partial charge >= 0.3 is 0 Å². The number of para-hydroxylation sites is 4. The lowest BCUT2D eigenvalue weighted by Crippen LogP contribution is -2.29. The molecular weight excluding hydrogens is 576 g/mol. The van der Waals surface area contributed by atoms with Crippen LogP contribution in [-0.2, 0) is 0 Å². The topological polar surface area (TPSA) is 35.9 Å². The predicted molar refractivity (Wildman–Crippen MR) is 188 cm³/mol. The van der Waals surface area contributed by atoms with Crippen molar-refractivity contribution in [2.75, 3.05) is 0 Å². The molecule has 6 aromatic carbocycles. The van der Waals surface area contributed by atoms with Crippen molar-refractivity contribution < 1.29 is 9.30 Å². The minimum atomic E-state index is 0.742. The highest BCUT2D eigenvalue weighted by atomic mass is 16.5. The SMILES string of the molecule is [c-]1n(-c2cccc(Oc3ccc4c5ccccc5n(-c5cccc(-c6ccccc6)n5)c4c3)c2)c2ccccc2[n+]1-c1ccccc1. The van der Waals surface area contributed by atoms with E-state index in [-0.39, 0.29) is 0 Å². The van der Waals surface area contributed by atoms with Crippen LogP contribution in [0, 0.1) is 6.33 Å². The van der Waals surface area contributed by atoms with Gasteiger partial charge in [0.1, 0.15) is 17.3 Å². The molecule has 0 amide bonds. The van der Waals surface area contributed by atoms with E-state index in [9.17, 15) is 0 Å². The molecular formula is C42H28N4O. The normalized spacial score (nSPS) is 11.4. The van der Waals surface area contributed by atoms with Gasteiger partial charge in [-0.1, -0.05) is 103 Å². The van der Waals surface area contributed by atoms with Gasteiger partial charge in [0.05, 0.1) is 39.1 Å². The smallest absolute Gasteiger partial charge is 0.269 e. The third-order valence-corrected chi connectivity index (χ3v) is 8.57. The first kappa shape index (κ1) is 26.9. The van der Waals surface area contributed by atoms with Crippen molar-refractivity contribution in [1.82, 2.24) is 14.1 Å². The zero-order chi connectivity index (χ0) is 31.2. The Bertz CT molecular complexity index is 2550. The summed E-state index contributed by atoms with van der Waals surface area (Å²) in [5, 5.41) is 2.32. The summed E-state index contributed by atoms with van der Waals surface area (Å²) in [6.07, 6.45) is 3.56. The van der Waals surface area contributed by atoms with Crippen molar-refractivity contribution in [1.29, 1.82) is 0 Å². The van der Waals surface area contributed by atoms with Gasteiger partial charge in [0, 0.05) is 22.4 Å². The summed E-state index contributed by atoms with van der Waals surface area (Å²) in [5.41, 5.74) is 8.31. The van der Waals surface area contributed by atoms with E-state index >= 15 is 0 Å². The molecule has 9 rings (SSSR count). The lowest BCUT2D eigenvalue weighted by Gasteiger charge is -2.11. The van der Waals surface area contributed by atoms with Crippen LogP contribution < -0.4 is 9.30 Å². The van der Waals surface area contributed by atoms with Crippen LogP contribution in [0.5, 0.6) is 11.5 Å². The van der Waals surface area contributed by atoms with Gasteiger partial charge < -0.3 is 4.74 Å². The van der Waals surface area contributed by atoms with Gasteiger partial charge in [-0.15, -0.1) is 0 Å². The summed E-state index contributed by atoms with van der Waals surface area (Å²) >= 11 is 0. The summed E-state index contributed by atoms with van der Waals surface area (Å²) in [6, 6.07) is 58.1. The average Bonchev–Trinajstić information content (AvgIpc) is 3.69. The number of nitrogens with zero attached hydrogens (tertiary/aromatic N) is 4. The molecule has 3 heterocycles. The molecule has 0 aliphatic heterocycles. The zero-order valence-electron chi connectivity index (χ0n) is 25.4. The molecule has 0 saturated heterocycles. The molecule has 3 aromatic heterocycles. The van der Waals surface area contributed by atoms with E-state index in [4.69, 9.17) is 9.72 Å². The maximum absolute atomic E-state index is 6.56. The molecule has 47 heavy (non-hydrogen) atoms. The van der Waals surface area contributed by atoms with Crippen LogP contribution in [0.4, 0.5) is 0 Å². The standard InChI is InChI=1S/C42H28N4O/c1-3-13-30(14-4-1)37-20-12-24-42(43-37)46-38-21-8-7-19-35(38)36-26-25-34(28-41(36)46)47-33-18-11-17-32(27-33)45-29-44(31-15-5-2-6-16-31)39-22-9-10-23-40(39)45/h1-28H. The van der Waals surface area contributed by atoms with Crippen LogP contribution in [0.15, 0.2) is 170 Å².